The van der Waals surface area contributed by atoms with Gasteiger partial charge in [-0.25, -0.2) is 0 Å². The van der Waals surface area contributed by atoms with E-state index in [4.69, 9.17) is 28.4 Å². The maximum atomic E-state index is 13.1. The van der Waals surface area contributed by atoms with Crippen molar-refractivity contribution in [2.45, 2.75) is 31.9 Å². The van der Waals surface area contributed by atoms with E-state index in [2.05, 4.69) is 30.1 Å². The third kappa shape index (κ3) is 5.79. The van der Waals surface area contributed by atoms with Gasteiger partial charge in [0, 0.05) is 37.3 Å². The molecule has 3 heterocycles. The molecule has 4 aromatic carbocycles. The van der Waals surface area contributed by atoms with E-state index in [1.54, 1.807) is 43.4 Å². The predicted octanol–water partition coefficient (Wildman–Crippen LogP) is 5.91. The molecule has 10 nitrogen and oxygen atoms in total. The molecule has 0 bridgehead atoms. The van der Waals surface area contributed by atoms with Gasteiger partial charge in [-0.1, -0.05) is 18.2 Å². The second-order valence-corrected chi connectivity index (χ2v) is 12.1. The number of rotatable bonds is 9. The van der Waals surface area contributed by atoms with Crippen LogP contribution in [0.1, 0.15) is 44.2 Å². The van der Waals surface area contributed by atoms with Crippen LogP contribution in [0.15, 0.2) is 60.7 Å². The van der Waals surface area contributed by atoms with Gasteiger partial charge in [-0.3, -0.25) is 9.69 Å². The van der Waals surface area contributed by atoms with Gasteiger partial charge in [-0.2, -0.15) is 0 Å². The van der Waals surface area contributed by atoms with Crippen LogP contribution in [0.25, 0.3) is 0 Å². The Morgan fingerprint density at radius 2 is 1.55 bits per heavy atom. The lowest BCUT2D eigenvalue weighted by Gasteiger charge is -2.36. The maximum absolute atomic E-state index is 13.1. The molecule has 1 N–H and O–H groups in total. The topological polar surface area (TPSA) is 99.2 Å². The molecule has 0 aliphatic carbocycles. The number of hydrogen-bond acceptors (Lipinski definition) is 9. The Morgan fingerprint density at radius 1 is 0.809 bits per heavy atom. The molecule has 47 heavy (non-hydrogen) atoms. The van der Waals surface area contributed by atoms with Gasteiger partial charge < -0.3 is 38.4 Å². The number of methoxy groups -OCH3 is 2. The van der Waals surface area contributed by atoms with Crippen molar-refractivity contribution < 1.29 is 38.3 Å². The Balaban J connectivity index is 1.22. The van der Waals surface area contributed by atoms with Crippen molar-refractivity contribution in [2.75, 3.05) is 48.2 Å². The molecule has 1 amide bonds. The number of nitrogens with zero attached hydrogens (tertiary/aromatic N) is 2. The smallest absolute Gasteiger partial charge is 0.254 e. The Hall–Kier alpha value is -4.93. The van der Waals surface area contributed by atoms with Crippen molar-refractivity contribution >= 4 is 5.91 Å². The number of fused-ring (bicyclic) bond motifs is 3. The van der Waals surface area contributed by atoms with E-state index < -0.39 is 0 Å². The van der Waals surface area contributed by atoms with Gasteiger partial charge in [0.25, 0.3) is 5.91 Å². The van der Waals surface area contributed by atoms with Gasteiger partial charge in [-0.15, -0.1) is 0 Å². The Morgan fingerprint density at radius 3 is 2.32 bits per heavy atom. The molecule has 7 rings (SSSR count). The molecule has 0 radical (unpaired) electrons. The van der Waals surface area contributed by atoms with Gasteiger partial charge in [0.2, 0.25) is 12.5 Å². The van der Waals surface area contributed by atoms with Gasteiger partial charge in [0.15, 0.2) is 34.5 Å². The normalized spacial score (nSPS) is 16.8. The molecule has 0 fully saturated rings. The number of benzene rings is 4. The fourth-order valence-corrected chi connectivity index (χ4v) is 6.58. The van der Waals surface area contributed by atoms with Crippen LogP contribution < -0.4 is 28.4 Å². The first-order valence-electron chi connectivity index (χ1n) is 15.7. The molecule has 1 unspecified atom stereocenters. The lowest BCUT2D eigenvalue weighted by atomic mass is 9.87. The van der Waals surface area contributed by atoms with Crippen molar-refractivity contribution in [2.24, 2.45) is 0 Å². The summed E-state index contributed by atoms with van der Waals surface area (Å²) in [7, 11) is 7.13. The Kier molecular flexibility index (Phi) is 8.30. The summed E-state index contributed by atoms with van der Waals surface area (Å²) in [6.07, 6.45) is 2.27. The Bertz CT molecular complexity index is 1820. The molecule has 0 spiro atoms. The summed E-state index contributed by atoms with van der Waals surface area (Å²) in [5.41, 5.74) is 5.57. The molecular formula is C37H38N2O8. The number of ether oxygens (including phenoxy) is 6. The average molecular weight is 639 g/mol. The minimum atomic E-state index is -0.0868. The number of aliphatic hydroxyl groups is 1. The largest absolute Gasteiger partial charge is 0.493 e. The fourth-order valence-electron chi connectivity index (χ4n) is 6.58. The van der Waals surface area contributed by atoms with Crippen molar-refractivity contribution in [1.82, 2.24) is 9.80 Å². The van der Waals surface area contributed by atoms with Gasteiger partial charge in [0.05, 0.1) is 20.8 Å². The minimum absolute atomic E-state index is 0.0345. The van der Waals surface area contributed by atoms with Crippen LogP contribution in [0.2, 0.25) is 0 Å². The second kappa shape index (κ2) is 12.7. The van der Waals surface area contributed by atoms with Crippen LogP contribution in [-0.4, -0.2) is 69.0 Å². The van der Waals surface area contributed by atoms with E-state index in [0.717, 1.165) is 47.2 Å². The van der Waals surface area contributed by atoms with Crippen LogP contribution in [0, 0.1) is 0 Å². The molecule has 244 valence electrons. The van der Waals surface area contributed by atoms with Crippen LogP contribution >= 0.6 is 0 Å². The number of aliphatic hydroxyl groups excluding tert-OH is 1. The first kappa shape index (κ1) is 30.7. The SMILES string of the molecule is COc1ccc(CO)cc1Oc1ccc(CC2c3c(cc4c(c3Oc3cc5c(cc3OC)CCN(C)C5=O)OCO4)CCN2C)cc1. The van der Waals surface area contributed by atoms with Crippen LogP contribution in [0.3, 0.4) is 0 Å². The van der Waals surface area contributed by atoms with Crippen molar-refractivity contribution in [1.29, 1.82) is 0 Å². The molecule has 1 atom stereocenters. The fraction of sp³-hybridized carbons (Fsp3) is 0.324. The number of carbonyl (C=O) groups excluding carboxylic acids is 1. The second-order valence-electron chi connectivity index (χ2n) is 12.1. The van der Waals surface area contributed by atoms with Crippen LogP contribution in [-0.2, 0) is 25.9 Å². The summed E-state index contributed by atoms with van der Waals surface area (Å²) >= 11 is 0. The van der Waals surface area contributed by atoms with Crippen molar-refractivity contribution in [3.63, 3.8) is 0 Å². The molecule has 0 aromatic heterocycles. The zero-order chi connectivity index (χ0) is 32.7. The number of hydrogen-bond donors (Lipinski definition) is 1. The van der Waals surface area contributed by atoms with E-state index in [0.29, 0.717) is 64.5 Å². The first-order chi connectivity index (χ1) is 22.9. The van der Waals surface area contributed by atoms with E-state index in [9.17, 15) is 9.90 Å². The molecule has 0 saturated carbocycles. The van der Waals surface area contributed by atoms with E-state index in [1.165, 1.54) is 0 Å². The third-order valence-electron chi connectivity index (χ3n) is 9.23. The van der Waals surface area contributed by atoms with E-state index >= 15 is 0 Å². The molecule has 0 saturated heterocycles. The number of amides is 1. The molecular weight excluding hydrogens is 600 g/mol. The summed E-state index contributed by atoms with van der Waals surface area (Å²) in [4.78, 5) is 17.1. The van der Waals surface area contributed by atoms with E-state index in [1.807, 2.05) is 25.2 Å². The van der Waals surface area contributed by atoms with Crippen LogP contribution in [0.4, 0.5) is 0 Å². The predicted molar refractivity (Wildman–Crippen MR) is 175 cm³/mol. The summed E-state index contributed by atoms with van der Waals surface area (Å²) in [5, 5.41) is 9.58. The molecule has 4 aromatic rings. The number of likely N-dealkylation sites (N-methyl/N-ethyl adjacent to an activating group) is 2. The van der Waals surface area contributed by atoms with Crippen molar-refractivity contribution in [3.05, 3.63) is 94.0 Å². The molecule has 10 heteroatoms. The highest BCUT2D eigenvalue weighted by Gasteiger charge is 2.35. The lowest BCUT2D eigenvalue weighted by molar-refractivity contribution is 0.0780. The zero-order valence-corrected chi connectivity index (χ0v) is 27.0. The quantitative estimate of drug-likeness (QED) is 0.240. The number of carbonyl (C=O) groups is 1. The maximum Gasteiger partial charge on any atom is 0.254 e. The third-order valence-corrected chi connectivity index (χ3v) is 9.23. The van der Waals surface area contributed by atoms with Gasteiger partial charge in [-0.05, 0) is 91.0 Å². The highest BCUT2D eigenvalue weighted by molar-refractivity contribution is 5.97. The van der Waals surface area contributed by atoms with Gasteiger partial charge in [0.1, 0.15) is 5.75 Å². The van der Waals surface area contributed by atoms with Gasteiger partial charge >= 0.3 is 0 Å². The van der Waals surface area contributed by atoms with Crippen LogP contribution in [0.5, 0.6) is 46.0 Å². The highest BCUT2D eigenvalue weighted by atomic mass is 16.7. The first-order valence-corrected chi connectivity index (χ1v) is 15.7. The summed E-state index contributed by atoms with van der Waals surface area (Å²) in [5.74, 6) is 4.54. The van der Waals surface area contributed by atoms with Crippen molar-refractivity contribution in [3.8, 4) is 46.0 Å². The Labute approximate surface area is 273 Å². The summed E-state index contributed by atoms with van der Waals surface area (Å²) in [6, 6.07) is 19.1. The minimum Gasteiger partial charge on any atom is -0.493 e. The molecule has 3 aliphatic heterocycles. The summed E-state index contributed by atoms with van der Waals surface area (Å²) < 4.78 is 36.0. The van der Waals surface area contributed by atoms with E-state index in [-0.39, 0.29) is 25.3 Å². The zero-order valence-electron chi connectivity index (χ0n) is 27.0. The highest BCUT2D eigenvalue weighted by Crippen LogP contribution is 2.52. The standard InChI is InChI=1S/C37H38N2O8/c1-38-13-12-25-18-33-35(45-21-44-33)36(47-32-19-27-24(17-30(32)43-4)11-14-39(2)37(27)41)34(25)28(38)15-22-5-8-26(9-6-22)46-31-16-23(20-40)7-10-29(31)42-3/h5-10,16-19,28,40H,11-15,20-21H2,1-4H3. The monoisotopic (exact) mass is 638 g/mol. The molecule has 3 aliphatic rings. The summed E-state index contributed by atoms with van der Waals surface area (Å²) in [6.45, 7) is 1.54. The lowest BCUT2D eigenvalue weighted by Crippen LogP contribution is -2.34. The average Bonchev–Trinajstić information content (AvgIpc) is 3.57.